The maximum absolute atomic E-state index is 13.4. The van der Waals surface area contributed by atoms with Gasteiger partial charge in [-0.2, -0.15) is 0 Å². The largest absolute Gasteiger partial charge is 0.381 e. The van der Waals surface area contributed by atoms with Crippen LogP contribution in [0.15, 0.2) is 41.8 Å². The van der Waals surface area contributed by atoms with Gasteiger partial charge in [-0.1, -0.05) is 6.07 Å². The number of hydrogen-bond donors (Lipinski definition) is 1. The number of morpholine rings is 1. The summed E-state index contributed by atoms with van der Waals surface area (Å²) in [7, 11) is 0. The van der Waals surface area contributed by atoms with E-state index in [0.29, 0.717) is 43.8 Å². The van der Waals surface area contributed by atoms with Crippen LogP contribution in [0.3, 0.4) is 0 Å². The highest BCUT2D eigenvalue weighted by Crippen LogP contribution is 2.26. The van der Waals surface area contributed by atoms with Gasteiger partial charge in [0, 0.05) is 38.2 Å². The summed E-state index contributed by atoms with van der Waals surface area (Å²) in [5, 5.41) is 9.46. The third kappa shape index (κ3) is 4.98. The minimum Gasteiger partial charge on any atom is -0.381 e. The van der Waals surface area contributed by atoms with Crippen molar-refractivity contribution in [3.63, 3.8) is 0 Å². The zero-order valence-corrected chi connectivity index (χ0v) is 19.0. The molecule has 0 bridgehead atoms. The standard InChI is InChI=1S/C23H26FN5O3S/c24-17-3-5-18(6-4-17)29-22(20-2-1-13-33-20)26-21(27-29)23(30)25-14-19(16-7-10-32-15-16)28-8-11-31-12-9-28/h1-6,13,16,19H,7-12,14-15H2,(H,25,30). The predicted octanol–water partition coefficient (Wildman–Crippen LogP) is 2.60. The Morgan fingerprint density at radius 3 is 2.70 bits per heavy atom. The van der Waals surface area contributed by atoms with Crippen molar-refractivity contribution in [3.8, 4) is 16.4 Å². The molecule has 3 aromatic rings. The predicted molar refractivity (Wildman–Crippen MR) is 122 cm³/mol. The van der Waals surface area contributed by atoms with Gasteiger partial charge < -0.3 is 14.8 Å². The Bertz CT molecular complexity index is 1060. The third-order valence-electron chi connectivity index (χ3n) is 6.12. The Morgan fingerprint density at radius 1 is 1.18 bits per heavy atom. The van der Waals surface area contributed by atoms with Gasteiger partial charge in [-0.05, 0) is 42.1 Å². The van der Waals surface area contributed by atoms with E-state index in [0.717, 1.165) is 31.0 Å². The maximum Gasteiger partial charge on any atom is 0.291 e. The molecule has 10 heteroatoms. The third-order valence-corrected chi connectivity index (χ3v) is 6.98. The smallest absolute Gasteiger partial charge is 0.291 e. The van der Waals surface area contributed by atoms with Gasteiger partial charge in [0.15, 0.2) is 5.82 Å². The number of carbonyl (C=O) groups excluding carboxylic acids is 1. The van der Waals surface area contributed by atoms with Gasteiger partial charge in [-0.25, -0.2) is 14.1 Å². The van der Waals surface area contributed by atoms with Crippen molar-refractivity contribution < 1.29 is 18.7 Å². The van der Waals surface area contributed by atoms with Gasteiger partial charge >= 0.3 is 0 Å². The van der Waals surface area contributed by atoms with Crippen LogP contribution in [0.1, 0.15) is 17.0 Å². The van der Waals surface area contributed by atoms with Gasteiger partial charge in [0.25, 0.3) is 5.91 Å². The zero-order valence-electron chi connectivity index (χ0n) is 18.2. The first-order chi connectivity index (χ1) is 16.2. The van der Waals surface area contributed by atoms with Gasteiger partial charge in [0.2, 0.25) is 5.82 Å². The van der Waals surface area contributed by atoms with Crippen molar-refractivity contribution in [1.29, 1.82) is 0 Å². The lowest BCUT2D eigenvalue weighted by atomic mass is 9.97. The molecule has 1 amide bonds. The van der Waals surface area contributed by atoms with Crippen LogP contribution in [0.4, 0.5) is 4.39 Å². The van der Waals surface area contributed by atoms with Crippen LogP contribution in [0.25, 0.3) is 16.4 Å². The number of amides is 1. The van der Waals surface area contributed by atoms with Crippen molar-refractivity contribution in [2.24, 2.45) is 5.92 Å². The molecular formula is C23H26FN5O3S. The van der Waals surface area contributed by atoms with E-state index in [4.69, 9.17) is 9.47 Å². The molecule has 2 atom stereocenters. The quantitative estimate of drug-likeness (QED) is 0.571. The second kappa shape index (κ2) is 10.1. The molecule has 174 valence electrons. The summed E-state index contributed by atoms with van der Waals surface area (Å²) in [6, 6.07) is 9.99. The number of benzene rings is 1. The lowest BCUT2D eigenvalue weighted by molar-refractivity contribution is 0.00164. The molecule has 0 spiro atoms. The Morgan fingerprint density at radius 2 is 2.00 bits per heavy atom. The summed E-state index contributed by atoms with van der Waals surface area (Å²) >= 11 is 1.51. The second-order valence-corrected chi connectivity index (χ2v) is 9.12. The summed E-state index contributed by atoms with van der Waals surface area (Å²) in [5.41, 5.74) is 0.639. The fourth-order valence-electron chi connectivity index (χ4n) is 4.37. The average Bonchev–Trinajstić information content (AvgIpc) is 3.62. The van der Waals surface area contributed by atoms with Crippen LogP contribution in [-0.4, -0.2) is 77.7 Å². The number of rotatable bonds is 7. The van der Waals surface area contributed by atoms with Gasteiger partial charge in [-0.15, -0.1) is 16.4 Å². The van der Waals surface area contributed by atoms with Crippen molar-refractivity contribution in [2.45, 2.75) is 12.5 Å². The Kier molecular flexibility index (Phi) is 6.77. The molecule has 5 rings (SSSR count). The van der Waals surface area contributed by atoms with Crippen LogP contribution in [-0.2, 0) is 9.47 Å². The molecule has 2 aromatic heterocycles. The van der Waals surface area contributed by atoms with E-state index in [1.165, 1.54) is 23.5 Å². The van der Waals surface area contributed by atoms with E-state index in [2.05, 4.69) is 20.3 Å². The molecular weight excluding hydrogens is 445 g/mol. The Balaban J connectivity index is 1.36. The van der Waals surface area contributed by atoms with Gasteiger partial charge in [0.05, 0.1) is 30.4 Å². The van der Waals surface area contributed by atoms with Gasteiger partial charge in [-0.3, -0.25) is 9.69 Å². The summed E-state index contributed by atoms with van der Waals surface area (Å²) in [5.74, 6) is 0.349. The summed E-state index contributed by atoms with van der Waals surface area (Å²) in [6.07, 6.45) is 0.984. The molecule has 2 aliphatic rings. The molecule has 1 aromatic carbocycles. The van der Waals surface area contributed by atoms with E-state index in [9.17, 15) is 9.18 Å². The number of halogens is 1. The van der Waals surface area contributed by atoms with E-state index in [1.54, 1.807) is 16.8 Å². The number of ether oxygens (including phenoxy) is 2. The minimum absolute atomic E-state index is 0.0890. The normalized spacial score (nSPS) is 20.1. The van der Waals surface area contributed by atoms with Gasteiger partial charge in [0.1, 0.15) is 5.82 Å². The summed E-state index contributed by atoms with van der Waals surface area (Å²) in [6.45, 7) is 5.04. The minimum atomic E-state index is -0.334. The highest BCUT2D eigenvalue weighted by Gasteiger charge is 2.32. The first kappa shape index (κ1) is 22.1. The fraction of sp³-hybridized carbons (Fsp3) is 0.435. The van der Waals surface area contributed by atoms with Crippen LogP contribution in [0.5, 0.6) is 0 Å². The molecule has 8 nitrogen and oxygen atoms in total. The number of aromatic nitrogens is 3. The average molecular weight is 472 g/mol. The SMILES string of the molecule is O=C(NCC(C1CCOC1)N1CCOCC1)c1nc(-c2cccs2)n(-c2ccc(F)cc2)n1. The summed E-state index contributed by atoms with van der Waals surface area (Å²) < 4.78 is 26.1. The van der Waals surface area contributed by atoms with Crippen LogP contribution in [0.2, 0.25) is 0 Å². The number of nitrogens with zero attached hydrogens (tertiary/aromatic N) is 4. The van der Waals surface area contributed by atoms with Crippen molar-refractivity contribution >= 4 is 17.2 Å². The molecule has 2 fully saturated rings. The van der Waals surface area contributed by atoms with Crippen molar-refractivity contribution in [2.75, 3.05) is 46.1 Å². The van der Waals surface area contributed by atoms with Crippen LogP contribution in [0, 0.1) is 11.7 Å². The maximum atomic E-state index is 13.4. The molecule has 0 saturated carbocycles. The molecule has 2 aliphatic heterocycles. The zero-order chi connectivity index (χ0) is 22.6. The van der Waals surface area contributed by atoms with E-state index in [1.807, 2.05) is 17.5 Å². The van der Waals surface area contributed by atoms with E-state index >= 15 is 0 Å². The highest BCUT2D eigenvalue weighted by molar-refractivity contribution is 7.13. The lowest BCUT2D eigenvalue weighted by Gasteiger charge is -2.37. The van der Waals surface area contributed by atoms with Crippen molar-refractivity contribution in [1.82, 2.24) is 25.0 Å². The first-order valence-corrected chi connectivity index (χ1v) is 12.0. The Hall–Kier alpha value is -2.66. The number of nitrogens with one attached hydrogen (secondary N) is 1. The molecule has 2 saturated heterocycles. The topological polar surface area (TPSA) is 81.5 Å². The monoisotopic (exact) mass is 471 g/mol. The summed E-state index contributed by atoms with van der Waals surface area (Å²) in [4.78, 5) is 20.9. The molecule has 2 unspecified atom stereocenters. The molecule has 4 heterocycles. The lowest BCUT2D eigenvalue weighted by Crippen LogP contribution is -2.52. The van der Waals surface area contributed by atoms with Crippen molar-refractivity contribution in [3.05, 3.63) is 53.4 Å². The fourth-order valence-corrected chi connectivity index (χ4v) is 5.07. The number of thiophene rings is 1. The first-order valence-electron chi connectivity index (χ1n) is 11.1. The number of hydrogen-bond acceptors (Lipinski definition) is 7. The number of carbonyl (C=O) groups is 1. The van der Waals surface area contributed by atoms with E-state index < -0.39 is 0 Å². The highest BCUT2D eigenvalue weighted by atomic mass is 32.1. The molecule has 33 heavy (non-hydrogen) atoms. The van der Waals surface area contributed by atoms with E-state index in [-0.39, 0.29) is 23.6 Å². The molecule has 1 N–H and O–H groups in total. The van der Waals surface area contributed by atoms with Crippen LogP contribution >= 0.6 is 11.3 Å². The Labute approximate surface area is 195 Å². The molecule has 0 aliphatic carbocycles. The second-order valence-electron chi connectivity index (χ2n) is 8.17. The molecule has 0 radical (unpaired) electrons. The van der Waals surface area contributed by atoms with Crippen LogP contribution < -0.4 is 5.32 Å².